The summed E-state index contributed by atoms with van der Waals surface area (Å²) in [7, 11) is 1.70. The van der Waals surface area contributed by atoms with Gasteiger partial charge in [-0.2, -0.15) is 0 Å². The second kappa shape index (κ2) is 7.55. The van der Waals surface area contributed by atoms with Crippen molar-refractivity contribution in [1.82, 2.24) is 0 Å². The third kappa shape index (κ3) is 3.38. The lowest BCUT2D eigenvalue weighted by molar-refractivity contribution is 0.414. The molecule has 2 aromatic rings. The van der Waals surface area contributed by atoms with Crippen LogP contribution in [0.3, 0.4) is 0 Å². The summed E-state index contributed by atoms with van der Waals surface area (Å²) < 4.78 is 5.23. The highest BCUT2D eigenvalue weighted by molar-refractivity contribution is 7.99. The zero-order valence-corrected chi connectivity index (χ0v) is 14.7. The molecule has 0 bridgehead atoms. The summed E-state index contributed by atoms with van der Waals surface area (Å²) in [5, 5.41) is 0. The standard InChI is InChI=1S/C18H18OS.C2H6/c1-12-4-9-16-13(2)17(11-20-18(16)10-12)14-5-7-15(19-3)8-6-14;1-2/h4-10,17H,2,11H2,1,3H3;1-2H3. The Morgan fingerprint density at radius 2 is 1.77 bits per heavy atom. The molecule has 2 aromatic carbocycles. The number of allylic oxidation sites excluding steroid dienone is 1. The summed E-state index contributed by atoms with van der Waals surface area (Å²) in [6, 6.07) is 15.0. The largest absolute Gasteiger partial charge is 0.497 e. The molecule has 0 fully saturated rings. The van der Waals surface area contributed by atoms with E-state index in [4.69, 9.17) is 4.74 Å². The molecule has 1 aliphatic rings. The van der Waals surface area contributed by atoms with Gasteiger partial charge in [-0.3, -0.25) is 0 Å². The average Bonchev–Trinajstić information content (AvgIpc) is 2.57. The summed E-state index contributed by atoms with van der Waals surface area (Å²) in [6.45, 7) is 10.5. The van der Waals surface area contributed by atoms with Gasteiger partial charge in [0.25, 0.3) is 0 Å². The maximum atomic E-state index is 5.23. The molecule has 116 valence electrons. The Labute approximate surface area is 138 Å². The first-order valence-corrected chi connectivity index (χ1v) is 8.74. The smallest absolute Gasteiger partial charge is 0.118 e. The summed E-state index contributed by atoms with van der Waals surface area (Å²) in [5.74, 6) is 2.35. The van der Waals surface area contributed by atoms with Crippen LogP contribution in [0.25, 0.3) is 5.57 Å². The highest BCUT2D eigenvalue weighted by Crippen LogP contribution is 2.44. The van der Waals surface area contributed by atoms with Crippen molar-refractivity contribution in [1.29, 1.82) is 0 Å². The van der Waals surface area contributed by atoms with E-state index in [1.165, 1.54) is 27.2 Å². The van der Waals surface area contributed by atoms with Gasteiger partial charge in [0.2, 0.25) is 0 Å². The molecule has 1 unspecified atom stereocenters. The van der Waals surface area contributed by atoms with Gasteiger partial charge in [0.15, 0.2) is 0 Å². The van der Waals surface area contributed by atoms with Gasteiger partial charge in [0, 0.05) is 16.6 Å². The Balaban J connectivity index is 0.000000847. The van der Waals surface area contributed by atoms with Gasteiger partial charge in [0.05, 0.1) is 7.11 Å². The summed E-state index contributed by atoms with van der Waals surface area (Å²) in [6.07, 6.45) is 0. The van der Waals surface area contributed by atoms with Gasteiger partial charge in [-0.25, -0.2) is 0 Å². The second-order valence-corrected chi connectivity index (χ2v) is 6.22. The van der Waals surface area contributed by atoms with E-state index in [9.17, 15) is 0 Å². The minimum absolute atomic E-state index is 0.390. The van der Waals surface area contributed by atoms with Crippen LogP contribution in [0.4, 0.5) is 0 Å². The number of methoxy groups -OCH3 is 1. The zero-order chi connectivity index (χ0) is 16.1. The predicted molar refractivity (Wildman–Crippen MR) is 98.0 cm³/mol. The minimum atomic E-state index is 0.390. The van der Waals surface area contributed by atoms with E-state index in [0.29, 0.717) is 5.92 Å². The fraction of sp³-hybridized carbons (Fsp3) is 0.300. The first-order valence-electron chi connectivity index (χ1n) is 7.75. The highest BCUT2D eigenvalue weighted by Gasteiger charge is 2.24. The average molecular weight is 312 g/mol. The van der Waals surface area contributed by atoms with Crippen LogP contribution in [0.2, 0.25) is 0 Å². The van der Waals surface area contributed by atoms with Crippen LogP contribution in [0.5, 0.6) is 5.75 Å². The molecule has 1 aliphatic heterocycles. The van der Waals surface area contributed by atoms with Crippen molar-refractivity contribution in [2.75, 3.05) is 12.9 Å². The van der Waals surface area contributed by atoms with Gasteiger partial charge >= 0.3 is 0 Å². The molecule has 1 atom stereocenters. The third-order valence-corrected chi connectivity index (χ3v) is 4.98. The number of benzene rings is 2. The van der Waals surface area contributed by atoms with Crippen LogP contribution in [0.1, 0.15) is 36.5 Å². The maximum Gasteiger partial charge on any atom is 0.118 e. The molecule has 0 saturated carbocycles. The first kappa shape index (κ1) is 16.7. The molecule has 0 N–H and O–H groups in total. The van der Waals surface area contributed by atoms with Gasteiger partial charge in [-0.15, -0.1) is 11.8 Å². The van der Waals surface area contributed by atoms with E-state index in [0.717, 1.165) is 11.5 Å². The lowest BCUT2D eigenvalue weighted by Gasteiger charge is -2.27. The SMILES string of the molecule is C=C1c2ccc(C)cc2SCC1c1ccc(OC)cc1.CC. The monoisotopic (exact) mass is 312 g/mol. The van der Waals surface area contributed by atoms with Gasteiger partial charge in [-0.05, 0) is 47.4 Å². The lowest BCUT2D eigenvalue weighted by Crippen LogP contribution is -2.10. The Morgan fingerprint density at radius 3 is 2.41 bits per heavy atom. The zero-order valence-electron chi connectivity index (χ0n) is 13.8. The lowest BCUT2D eigenvalue weighted by atomic mass is 9.88. The van der Waals surface area contributed by atoms with Crippen LogP contribution < -0.4 is 4.74 Å². The number of ether oxygens (including phenoxy) is 1. The number of aryl methyl sites for hydroxylation is 1. The maximum absolute atomic E-state index is 5.23. The summed E-state index contributed by atoms with van der Waals surface area (Å²) in [5.41, 5.74) is 5.15. The number of thioether (sulfide) groups is 1. The van der Waals surface area contributed by atoms with E-state index < -0.39 is 0 Å². The quantitative estimate of drug-likeness (QED) is 0.679. The van der Waals surface area contributed by atoms with E-state index in [2.05, 4.69) is 43.8 Å². The summed E-state index contributed by atoms with van der Waals surface area (Å²) >= 11 is 1.93. The third-order valence-electron chi connectivity index (χ3n) is 3.83. The molecule has 1 nitrogen and oxygen atoms in total. The molecule has 0 amide bonds. The van der Waals surface area contributed by atoms with Crippen molar-refractivity contribution in [2.45, 2.75) is 31.6 Å². The molecule has 0 radical (unpaired) electrons. The molecule has 22 heavy (non-hydrogen) atoms. The second-order valence-electron chi connectivity index (χ2n) is 5.16. The van der Waals surface area contributed by atoms with Crippen LogP contribution >= 0.6 is 11.8 Å². The molecule has 0 saturated heterocycles. The van der Waals surface area contributed by atoms with Crippen molar-refractivity contribution in [2.24, 2.45) is 0 Å². The van der Waals surface area contributed by atoms with Gasteiger partial charge in [-0.1, -0.05) is 44.7 Å². The van der Waals surface area contributed by atoms with E-state index in [-0.39, 0.29) is 0 Å². The molecule has 1 heterocycles. The van der Waals surface area contributed by atoms with Crippen LogP contribution in [-0.4, -0.2) is 12.9 Å². The number of hydrogen-bond acceptors (Lipinski definition) is 2. The van der Waals surface area contributed by atoms with Crippen molar-refractivity contribution in [3.8, 4) is 5.75 Å². The molecule has 2 heteroatoms. The fourth-order valence-electron chi connectivity index (χ4n) is 2.61. The normalized spacial score (nSPS) is 16.4. The van der Waals surface area contributed by atoms with Gasteiger partial charge < -0.3 is 4.74 Å². The minimum Gasteiger partial charge on any atom is -0.497 e. The van der Waals surface area contributed by atoms with Crippen molar-refractivity contribution >= 4 is 17.3 Å². The van der Waals surface area contributed by atoms with Crippen LogP contribution in [0, 0.1) is 6.92 Å². The van der Waals surface area contributed by atoms with Crippen molar-refractivity contribution in [3.63, 3.8) is 0 Å². The molecular formula is C20H24OS. The van der Waals surface area contributed by atoms with E-state index in [1.54, 1.807) is 7.11 Å². The molecule has 0 aromatic heterocycles. The van der Waals surface area contributed by atoms with Crippen LogP contribution in [-0.2, 0) is 0 Å². The molecular weight excluding hydrogens is 288 g/mol. The number of fused-ring (bicyclic) bond motifs is 1. The van der Waals surface area contributed by atoms with Gasteiger partial charge in [0.1, 0.15) is 5.75 Å². The Morgan fingerprint density at radius 1 is 1.09 bits per heavy atom. The number of rotatable bonds is 2. The Kier molecular flexibility index (Phi) is 5.73. The Bertz CT molecular complexity index is 643. The predicted octanol–water partition coefficient (Wildman–Crippen LogP) is 5.93. The first-order chi connectivity index (χ1) is 10.7. The van der Waals surface area contributed by atoms with Crippen molar-refractivity contribution < 1.29 is 4.74 Å². The number of hydrogen-bond donors (Lipinski definition) is 0. The highest BCUT2D eigenvalue weighted by atomic mass is 32.2. The topological polar surface area (TPSA) is 9.23 Å². The molecule has 3 rings (SSSR count). The Hall–Kier alpha value is -1.67. The summed E-state index contributed by atoms with van der Waals surface area (Å²) in [4.78, 5) is 1.36. The fourth-order valence-corrected chi connectivity index (χ4v) is 3.97. The van der Waals surface area contributed by atoms with E-state index >= 15 is 0 Å². The van der Waals surface area contributed by atoms with E-state index in [1.807, 2.05) is 37.7 Å². The van der Waals surface area contributed by atoms with Crippen LogP contribution in [0.15, 0.2) is 53.9 Å². The molecule has 0 spiro atoms. The van der Waals surface area contributed by atoms with Crippen molar-refractivity contribution in [3.05, 3.63) is 65.7 Å². The molecule has 0 aliphatic carbocycles.